The van der Waals surface area contributed by atoms with Gasteiger partial charge in [0.15, 0.2) is 12.2 Å². The van der Waals surface area contributed by atoms with Crippen LogP contribution in [0.3, 0.4) is 0 Å². The fourth-order valence-corrected chi connectivity index (χ4v) is 13.6. The smallest absolute Gasteiger partial charge is 0.462 e. The zero-order valence-electron chi connectivity index (χ0n) is 63.2. The Hall–Kier alpha value is -1.94. The van der Waals surface area contributed by atoms with Crippen molar-refractivity contribution in [3.05, 3.63) is 0 Å². The van der Waals surface area contributed by atoms with Crippen molar-refractivity contribution in [1.82, 2.24) is 0 Å². The molecule has 0 bridgehead atoms. The van der Waals surface area contributed by atoms with Gasteiger partial charge in [-0.25, -0.2) is 9.13 Å². The van der Waals surface area contributed by atoms with Gasteiger partial charge in [-0.15, -0.1) is 0 Å². The van der Waals surface area contributed by atoms with E-state index in [1.54, 1.807) is 0 Å². The minimum atomic E-state index is -4.96. The Labute approximate surface area is 594 Å². The summed E-state index contributed by atoms with van der Waals surface area (Å²) in [4.78, 5) is 72.8. The zero-order valence-corrected chi connectivity index (χ0v) is 65.0. The third kappa shape index (κ3) is 72.2. The Morgan fingerprint density at radius 3 is 0.701 bits per heavy atom. The van der Waals surface area contributed by atoms with Crippen molar-refractivity contribution in [2.75, 3.05) is 39.6 Å². The summed E-state index contributed by atoms with van der Waals surface area (Å²) < 4.78 is 68.6. The predicted octanol–water partition coefficient (Wildman–Crippen LogP) is 23.3. The topological polar surface area (TPSA) is 237 Å². The number of rotatable bonds is 78. The fourth-order valence-electron chi connectivity index (χ4n) is 12.1. The molecule has 3 N–H and O–H groups in total. The van der Waals surface area contributed by atoms with E-state index in [-0.39, 0.29) is 25.7 Å². The first kappa shape index (κ1) is 95.1. The summed E-state index contributed by atoms with van der Waals surface area (Å²) in [5.74, 6) is -1.43. The van der Waals surface area contributed by atoms with Crippen LogP contribution in [-0.4, -0.2) is 96.7 Å². The summed E-state index contributed by atoms with van der Waals surface area (Å²) in [5, 5.41) is 10.6. The predicted molar refractivity (Wildman–Crippen MR) is 395 cm³/mol. The molecule has 0 radical (unpaired) electrons. The average Bonchev–Trinajstić information content (AvgIpc) is 1.58. The Morgan fingerprint density at radius 1 is 0.278 bits per heavy atom. The van der Waals surface area contributed by atoms with Crippen molar-refractivity contribution >= 4 is 39.5 Å². The van der Waals surface area contributed by atoms with Gasteiger partial charge in [-0.05, 0) is 31.6 Å². The molecule has 0 aliphatic rings. The number of unbranched alkanes of at least 4 members (excludes halogenated alkanes) is 50. The van der Waals surface area contributed by atoms with Crippen molar-refractivity contribution in [3.63, 3.8) is 0 Å². The maximum absolute atomic E-state index is 13.1. The number of ether oxygens (including phenoxy) is 4. The van der Waals surface area contributed by atoms with Gasteiger partial charge in [0.05, 0.1) is 26.4 Å². The van der Waals surface area contributed by atoms with Gasteiger partial charge in [0.2, 0.25) is 0 Å². The Kier molecular flexibility index (Phi) is 69.6. The number of phosphoric acid groups is 2. The van der Waals surface area contributed by atoms with E-state index in [0.717, 1.165) is 96.3 Å². The molecule has 0 aromatic carbocycles. The number of hydrogen-bond donors (Lipinski definition) is 3. The second-order valence-corrected chi connectivity index (χ2v) is 31.5. The third-order valence-corrected chi connectivity index (χ3v) is 20.2. The summed E-state index contributed by atoms with van der Waals surface area (Å²) >= 11 is 0. The maximum Gasteiger partial charge on any atom is 0.472 e. The number of aliphatic hydroxyl groups excluding tert-OH is 1. The first-order chi connectivity index (χ1) is 47.0. The van der Waals surface area contributed by atoms with Crippen molar-refractivity contribution in [2.24, 2.45) is 5.92 Å². The van der Waals surface area contributed by atoms with Gasteiger partial charge >= 0.3 is 39.5 Å². The van der Waals surface area contributed by atoms with Crippen molar-refractivity contribution in [3.8, 4) is 0 Å². The fraction of sp³-hybridized carbons (Fsp3) is 0.949. The summed E-state index contributed by atoms with van der Waals surface area (Å²) in [7, 11) is -9.91. The van der Waals surface area contributed by atoms with Gasteiger partial charge in [0.25, 0.3) is 0 Å². The van der Waals surface area contributed by atoms with E-state index in [0.29, 0.717) is 31.6 Å². The first-order valence-corrected chi connectivity index (χ1v) is 43.6. The van der Waals surface area contributed by atoms with Gasteiger partial charge in [-0.1, -0.05) is 362 Å². The number of aliphatic hydroxyl groups is 1. The van der Waals surface area contributed by atoms with Crippen molar-refractivity contribution in [1.29, 1.82) is 0 Å². The summed E-state index contributed by atoms with van der Waals surface area (Å²) in [6.45, 7) is 7.23. The molecule has 0 aromatic rings. The van der Waals surface area contributed by atoms with Crippen LogP contribution in [0.4, 0.5) is 0 Å². The highest BCUT2D eigenvalue weighted by molar-refractivity contribution is 7.47. The van der Waals surface area contributed by atoms with Crippen LogP contribution in [0, 0.1) is 5.92 Å². The highest BCUT2D eigenvalue weighted by atomic mass is 31.2. The summed E-state index contributed by atoms with van der Waals surface area (Å²) in [6.07, 6.45) is 61.2. The molecule has 0 aliphatic heterocycles. The highest BCUT2D eigenvalue weighted by Crippen LogP contribution is 2.45. The molecule has 0 saturated carbocycles. The molecule has 0 aliphatic carbocycles. The molecule has 17 nitrogen and oxygen atoms in total. The summed E-state index contributed by atoms with van der Waals surface area (Å²) in [6, 6.07) is 0. The minimum Gasteiger partial charge on any atom is -0.462 e. The molecule has 0 fully saturated rings. The van der Waals surface area contributed by atoms with Crippen molar-refractivity contribution in [2.45, 2.75) is 432 Å². The van der Waals surface area contributed by atoms with E-state index in [2.05, 4.69) is 34.6 Å². The molecular formula is C78H152O17P2. The SMILES string of the molecule is CCCCCCCCCCCCCCCCCCCCCCC(=O)O[C@H](COC(=O)CCCCCCCCCCCCCCCC)COP(=O)(O)OC[C@@H](O)COP(=O)(O)OC[C@@H](COC(=O)CCCCCCCCC(C)C)OC(=O)CCCCCCCCCCCCCCCC. The normalized spacial score (nSPS) is 13.9. The van der Waals surface area contributed by atoms with Crippen LogP contribution in [-0.2, 0) is 65.4 Å². The zero-order chi connectivity index (χ0) is 71.2. The van der Waals surface area contributed by atoms with E-state index in [4.69, 9.17) is 37.0 Å². The average molecular weight is 1420 g/mol. The molecule has 0 saturated heterocycles. The van der Waals surface area contributed by atoms with Crippen LogP contribution in [0.15, 0.2) is 0 Å². The molecule has 19 heteroatoms. The lowest BCUT2D eigenvalue weighted by atomic mass is 10.0. The number of carbonyl (C=O) groups excluding carboxylic acids is 4. The monoisotopic (exact) mass is 1420 g/mol. The maximum atomic E-state index is 13.1. The van der Waals surface area contributed by atoms with Gasteiger partial charge in [-0.3, -0.25) is 37.3 Å². The van der Waals surface area contributed by atoms with Gasteiger partial charge in [0.1, 0.15) is 19.3 Å². The first-order valence-electron chi connectivity index (χ1n) is 40.6. The number of esters is 4. The molecule has 0 amide bonds. The molecule has 0 rings (SSSR count). The number of hydrogen-bond acceptors (Lipinski definition) is 15. The van der Waals surface area contributed by atoms with Gasteiger partial charge < -0.3 is 33.8 Å². The van der Waals surface area contributed by atoms with Crippen LogP contribution in [0.25, 0.3) is 0 Å². The third-order valence-electron chi connectivity index (χ3n) is 18.3. The molecule has 2 unspecified atom stereocenters. The second kappa shape index (κ2) is 71.1. The Bertz CT molecular complexity index is 1860. The van der Waals surface area contributed by atoms with Crippen LogP contribution < -0.4 is 0 Å². The lowest BCUT2D eigenvalue weighted by molar-refractivity contribution is -0.161. The lowest BCUT2D eigenvalue weighted by Crippen LogP contribution is -2.30. The Morgan fingerprint density at radius 2 is 0.474 bits per heavy atom. The molecule has 0 aromatic heterocycles. The largest absolute Gasteiger partial charge is 0.472 e. The van der Waals surface area contributed by atoms with Gasteiger partial charge in [0, 0.05) is 25.7 Å². The van der Waals surface area contributed by atoms with Crippen LogP contribution in [0.2, 0.25) is 0 Å². The molecule has 576 valence electrons. The van der Waals surface area contributed by atoms with E-state index in [1.807, 2.05) is 0 Å². The molecule has 0 heterocycles. The quantitative estimate of drug-likeness (QED) is 0.0222. The number of phosphoric ester groups is 2. The lowest BCUT2D eigenvalue weighted by Gasteiger charge is -2.21. The van der Waals surface area contributed by atoms with Crippen LogP contribution in [0.1, 0.15) is 413 Å². The van der Waals surface area contributed by atoms with Gasteiger partial charge in [-0.2, -0.15) is 0 Å². The van der Waals surface area contributed by atoms with Crippen LogP contribution in [0.5, 0.6) is 0 Å². The molecule has 97 heavy (non-hydrogen) atoms. The van der Waals surface area contributed by atoms with E-state index in [9.17, 15) is 43.2 Å². The van der Waals surface area contributed by atoms with E-state index >= 15 is 0 Å². The molecule has 5 atom stereocenters. The van der Waals surface area contributed by atoms with E-state index < -0.39 is 97.5 Å². The van der Waals surface area contributed by atoms with E-state index in [1.165, 1.54) is 231 Å². The molecular weight excluding hydrogens is 1270 g/mol. The molecule has 0 spiro atoms. The minimum absolute atomic E-state index is 0.107. The van der Waals surface area contributed by atoms with Crippen LogP contribution >= 0.6 is 15.6 Å². The Balaban J connectivity index is 5.21. The summed E-state index contributed by atoms with van der Waals surface area (Å²) in [5.41, 5.74) is 0. The standard InChI is InChI=1S/C78H152O17P2/c1-6-9-12-15-18-21-24-27-30-31-32-33-34-35-38-41-44-47-54-59-64-77(82)94-73(67-88-75(80)61-56-51-45-42-39-36-28-25-22-19-16-13-10-7-2)69-92-96(84,85)90-65-72(79)66-91-97(86,87)93-70-74(68-89-76(81)62-57-52-49-48-50-55-60-71(4)5)95-78(83)63-58-53-46-43-40-37-29-26-23-20-17-14-11-8-3/h71-74,79H,6-70H2,1-5H3,(H,84,85)(H,86,87)/t72-,73-,74-/m1/s1. The highest BCUT2D eigenvalue weighted by Gasteiger charge is 2.30. The number of carbonyl (C=O) groups is 4. The second-order valence-electron chi connectivity index (χ2n) is 28.6. The van der Waals surface area contributed by atoms with Crippen molar-refractivity contribution < 1.29 is 80.2 Å².